The maximum absolute atomic E-state index is 12.1. The summed E-state index contributed by atoms with van der Waals surface area (Å²) in [4.78, 5) is 16.4. The molecule has 1 fully saturated rings. The number of carbonyl (C=O) groups excluding carboxylic acids is 1. The van der Waals surface area contributed by atoms with Gasteiger partial charge in [0.05, 0.1) is 5.01 Å². The zero-order valence-corrected chi connectivity index (χ0v) is 12.1. The van der Waals surface area contributed by atoms with Gasteiger partial charge in [-0.25, -0.2) is 4.98 Å². The molecule has 1 aliphatic carbocycles. The van der Waals surface area contributed by atoms with Crippen LogP contribution < -0.4 is 11.1 Å². The van der Waals surface area contributed by atoms with Gasteiger partial charge in [-0.15, -0.1) is 11.3 Å². The smallest absolute Gasteiger partial charge is 0.271 e. The van der Waals surface area contributed by atoms with E-state index in [0.29, 0.717) is 23.5 Å². The van der Waals surface area contributed by atoms with Crippen LogP contribution in [0.5, 0.6) is 0 Å². The Labute approximate surface area is 116 Å². The molecule has 0 aromatic carbocycles. The molecule has 0 radical (unpaired) electrons. The molecule has 2 unspecified atom stereocenters. The van der Waals surface area contributed by atoms with Crippen LogP contribution in [0.3, 0.4) is 0 Å². The van der Waals surface area contributed by atoms with E-state index in [1.54, 1.807) is 0 Å². The number of aromatic nitrogens is 1. The molecule has 2 rings (SSSR count). The van der Waals surface area contributed by atoms with Gasteiger partial charge < -0.3 is 11.1 Å². The number of nitrogens with one attached hydrogen (secondary N) is 1. The lowest BCUT2D eigenvalue weighted by Crippen LogP contribution is -2.38. The lowest BCUT2D eigenvalue weighted by Gasteiger charge is -2.18. The summed E-state index contributed by atoms with van der Waals surface area (Å²) in [5.41, 5.74) is 6.01. The van der Waals surface area contributed by atoms with Crippen LogP contribution in [0.4, 0.5) is 0 Å². The second kappa shape index (κ2) is 6.54. The maximum Gasteiger partial charge on any atom is 0.271 e. The fraction of sp³-hybridized carbons (Fsp3) is 0.667. The Kier molecular flexibility index (Phi) is 5.03. The van der Waals surface area contributed by atoms with E-state index in [1.807, 2.05) is 17.1 Å². The third-order valence-electron chi connectivity index (χ3n) is 3.21. The monoisotopic (exact) mass is 285 g/mol. The fourth-order valence-electron chi connectivity index (χ4n) is 2.27. The van der Waals surface area contributed by atoms with Crippen molar-refractivity contribution in [2.75, 3.05) is 12.8 Å². The summed E-state index contributed by atoms with van der Waals surface area (Å²) in [5, 5.41) is 6.42. The highest BCUT2D eigenvalue weighted by Crippen LogP contribution is 2.28. The second-order valence-corrected chi connectivity index (χ2v) is 6.47. The van der Waals surface area contributed by atoms with Crippen molar-refractivity contribution in [2.24, 2.45) is 5.73 Å². The Bertz CT molecular complexity index is 408. The molecule has 2 atom stereocenters. The van der Waals surface area contributed by atoms with Crippen LogP contribution >= 0.6 is 23.1 Å². The van der Waals surface area contributed by atoms with E-state index in [9.17, 15) is 4.79 Å². The van der Waals surface area contributed by atoms with E-state index >= 15 is 0 Å². The predicted octanol–water partition coefficient (Wildman–Crippen LogP) is 1.66. The third-order valence-corrected chi connectivity index (χ3v) is 5.29. The molecular formula is C12H19N3OS2. The number of rotatable bonds is 5. The van der Waals surface area contributed by atoms with Crippen molar-refractivity contribution in [3.8, 4) is 0 Å². The summed E-state index contributed by atoms with van der Waals surface area (Å²) in [6.45, 7) is 0.575. The van der Waals surface area contributed by atoms with Gasteiger partial charge in [0.15, 0.2) is 0 Å². The zero-order valence-electron chi connectivity index (χ0n) is 10.5. The molecule has 0 saturated heterocycles. The van der Waals surface area contributed by atoms with Gasteiger partial charge in [0.25, 0.3) is 5.91 Å². The Morgan fingerprint density at radius 3 is 3.22 bits per heavy atom. The minimum absolute atomic E-state index is 0.0412. The van der Waals surface area contributed by atoms with Gasteiger partial charge in [-0.3, -0.25) is 4.79 Å². The minimum Gasteiger partial charge on any atom is -0.347 e. The topological polar surface area (TPSA) is 68.0 Å². The standard InChI is InChI=1S/C12H19N3OS2/c1-17-10-4-2-3-8(10)15-12(16)9-7-18-11(14-9)5-6-13/h7-8,10H,2-6,13H2,1H3,(H,15,16). The van der Waals surface area contributed by atoms with Crippen molar-refractivity contribution in [3.05, 3.63) is 16.1 Å². The van der Waals surface area contributed by atoms with Gasteiger partial charge in [0.2, 0.25) is 0 Å². The first-order chi connectivity index (χ1) is 8.74. The molecule has 18 heavy (non-hydrogen) atoms. The molecule has 1 amide bonds. The van der Waals surface area contributed by atoms with Crippen molar-refractivity contribution in [1.82, 2.24) is 10.3 Å². The van der Waals surface area contributed by atoms with Gasteiger partial charge >= 0.3 is 0 Å². The van der Waals surface area contributed by atoms with E-state index in [2.05, 4.69) is 16.6 Å². The zero-order chi connectivity index (χ0) is 13.0. The van der Waals surface area contributed by atoms with Crippen LogP contribution in [0.2, 0.25) is 0 Å². The van der Waals surface area contributed by atoms with Crippen molar-refractivity contribution >= 4 is 29.0 Å². The summed E-state index contributed by atoms with van der Waals surface area (Å²) >= 11 is 3.35. The largest absolute Gasteiger partial charge is 0.347 e. The first kappa shape index (κ1) is 13.8. The van der Waals surface area contributed by atoms with Gasteiger partial charge in [-0.05, 0) is 25.6 Å². The molecule has 1 aromatic rings. The normalized spacial score (nSPS) is 23.2. The minimum atomic E-state index is -0.0412. The predicted molar refractivity (Wildman–Crippen MR) is 77.3 cm³/mol. The molecule has 4 nitrogen and oxygen atoms in total. The molecule has 1 saturated carbocycles. The molecule has 0 spiro atoms. The Hall–Kier alpha value is -0.590. The number of amides is 1. The average Bonchev–Trinajstić information content (AvgIpc) is 2.98. The third kappa shape index (κ3) is 3.24. The molecule has 0 aliphatic heterocycles. The first-order valence-electron chi connectivity index (χ1n) is 6.22. The highest BCUT2D eigenvalue weighted by Gasteiger charge is 2.28. The molecule has 100 valence electrons. The number of carbonyl (C=O) groups is 1. The van der Waals surface area contributed by atoms with E-state index in [4.69, 9.17) is 5.73 Å². The summed E-state index contributed by atoms with van der Waals surface area (Å²) in [5.74, 6) is -0.0412. The van der Waals surface area contributed by atoms with E-state index < -0.39 is 0 Å². The summed E-state index contributed by atoms with van der Waals surface area (Å²) < 4.78 is 0. The molecule has 1 heterocycles. The number of nitrogens with two attached hydrogens (primary N) is 1. The molecule has 1 aliphatic rings. The fourth-order valence-corrected chi connectivity index (χ4v) is 4.00. The first-order valence-corrected chi connectivity index (χ1v) is 8.39. The lowest BCUT2D eigenvalue weighted by atomic mass is 10.2. The number of hydrogen-bond donors (Lipinski definition) is 2. The summed E-state index contributed by atoms with van der Waals surface area (Å²) in [6, 6.07) is 0.298. The average molecular weight is 285 g/mol. The van der Waals surface area contributed by atoms with E-state index in [-0.39, 0.29) is 5.91 Å². The van der Waals surface area contributed by atoms with E-state index in [0.717, 1.165) is 17.8 Å². The number of nitrogens with zero attached hydrogens (tertiary/aromatic N) is 1. The van der Waals surface area contributed by atoms with Gasteiger partial charge in [0, 0.05) is 23.1 Å². The quantitative estimate of drug-likeness (QED) is 0.863. The molecular weight excluding hydrogens is 266 g/mol. The van der Waals surface area contributed by atoms with Crippen molar-refractivity contribution in [2.45, 2.75) is 37.0 Å². The summed E-state index contributed by atoms with van der Waals surface area (Å²) in [7, 11) is 0. The maximum atomic E-state index is 12.1. The molecule has 0 bridgehead atoms. The van der Waals surface area contributed by atoms with Crippen molar-refractivity contribution in [3.63, 3.8) is 0 Å². The second-order valence-electron chi connectivity index (χ2n) is 4.45. The summed E-state index contributed by atoms with van der Waals surface area (Å²) in [6.07, 6.45) is 6.33. The Balaban J connectivity index is 1.94. The Morgan fingerprint density at radius 2 is 2.50 bits per heavy atom. The highest BCUT2D eigenvalue weighted by atomic mass is 32.2. The van der Waals surface area contributed by atoms with Crippen LogP contribution in [-0.2, 0) is 6.42 Å². The van der Waals surface area contributed by atoms with Crippen LogP contribution in [-0.4, -0.2) is 35.0 Å². The van der Waals surface area contributed by atoms with Crippen LogP contribution in [0.1, 0.15) is 34.8 Å². The number of thiazole rings is 1. The van der Waals surface area contributed by atoms with Crippen LogP contribution in [0.25, 0.3) is 0 Å². The van der Waals surface area contributed by atoms with Gasteiger partial charge in [0.1, 0.15) is 5.69 Å². The van der Waals surface area contributed by atoms with Crippen LogP contribution in [0, 0.1) is 0 Å². The number of thioether (sulfide) groups is 1. The Morgan fingerprint density at radius 1 is 1.67 bits per heavy atom. The van der Waals surface area contributed by atoms with Gasteiger partial charge in [-0.2, -0.15) is 11.8 Å². The van der Waals surface area contributed by atoms with Crippen molar-refractivity contribution in [1.29, 1.82) is 0 Å². The molecule has 3 N–H and O–H groups in total. The molecule has 1 aromatic heterocycles. The van der Waals surface area contributed by atoms with Gasteiger partial charge in [-0.1, -0.05) is 6.42 Å². The van der Waals surface area contributed by atoms with Crippen molar-refractivity contribution < 1.29 is 4.79 Å². The van der Waals surface area contributed by atoms with E-state index in [1.165, 1.54) is 24.2 Å². The van der Waals surface area contributed by atoms with Crippen LogP contribution in [0.15, 0.2) is 5.38 Å². The lowest BCUT2D eigenvalue weighted by molar-refractivity contribution is 0.0934. The highest BCUT2D eigenvalue weighted by molar-refractivity contribution is 7.99. The number of hydrogen-bond acceptors (Lipinski definition) is 5. The SMILES string of the molecule is CSC1CCCC1NC(=O)c1csc(CCN)n1. The molecule has 6 heteroatoms.